The summed E-state index contributed by atoms with van der Waals surface area (Å²) in [6.07, 6.45) is 3.79. The third-order valence-electron chi connectivity index (χ3n) is 5.97. The lowest BCUT2D eigenvalue weighted by Crippen LogP contribution is -2.22. The maximum absolute atomic E-state index is 13.4. The number of aryl methyl sites for hydroxylation is 1. The predicted molar refractivity (Wildman–Crippen MR) is 131 cm³/mol. The van der Waals surface area contributed by atoms with Crippen LogP contribution in [0, 0.1) is 17.0 Å². The van der Waals surface area contributed by atoms with Crippen LogP contribution in [-0.2, 0) is 7.05 Å². The average Bonchev–Trinajstić information content (AvgIpc) is 3.07. The molecule has 0 saturated carbocycles. The molecule has 2 heterocycles. The van der Waals surface area contributed by atoms with Crippen molar-refractivity contribution in [2.75, 3.05) is 0 Å². The number of hydrogen-bond acceptors (Lipinski definition) is 4. The van der Waals surface area contributed by atoms with Gasteiger partial charge in [-0.25, -0.2) is 4.98 Å². The Morgan fingerprint density at radius 2 is 1.58 bits per heavy atom. The van der Waals surface area contributed by atoms with Crippen LogP contribution in [0.25, 0.3) is 39.6 Å². The van der Waals surface area contributed by atoms with E-state index in [1.807, 2.05) is 37.4 Å². The molecular formula is C26H20N4O3. The molecular weight excluding hydrogens is 416 g/mol. The van der Waals surface area contributed by atoms with E-state index in [0.717, 1.165) is 22.2 Å². The van der Waals surface area contributed by atoms with E-state index >= 15 is 0 Å². The van der Waals surface area contributed by atoms with Crippen LogP contribution < -0.4 is 5.56 Å². The van der Waals surface area contributed by atoms with Crippen LogP contribution in [0.3, 0.4) is 0 Å². The normalized spacial score (nSPS) is 11.6. The van der Waals surface area contributed by atoms with E-state index in [0.29, 0.717) is 22.4 Å². The summed E-state index contributed by atoms with van der Waals surface area (Å²) >= 11 is 0. The van der Waals surface area contributed by atoms with E-state index in [1.165, 1.54) is 16.7 Å². The van der Waals surface area contributed by atoms with Crippen molar-refractivity contribution < 1.29 is 4.92 Å². The van der Waals surface area contributed by atoms with Gasteiger partial charge < -0.3 is 4.57 Å². The summed E-state index contributed by atoms with van der Waals surface area (Å²) in [4.78, 5) is 28.8. The first-order valence-electron chi connectivity index (χ1n) is 10.4. The number of nitrogens with zero attached hydrogens (tertiary/aromatic N) is 4. The Kier molecular flexibility index (Phi) is 4.86. The molecule has 7 nitrogen and oxygen atoms in total. The first-order chi connectivity index (χ1) is 16.0. The Bertz CT molecular complexity index is 1630. The first kappa shape index (κ1) is 20.4. The van der Waals surface area contributed by atoms with Crippen molar-refractivity contribution in [2.24, 2.45) is 7.05 Å². The van der Waals surface area contributed by atoms with E-state index < -0.39 is 4.92 Å². The summed E-state index contributed by atoms with van der Waals surface area (Å²) in [5.74, 6) is 0.444. The first-order valence-corrected chi connectivity index (χ1v) is 10.4. The van der Waals surface area contributed by atoms with Crippen molar-refractivity contribution >= 4 is 39.6 Å². The van der Waals surface area contributed by atoms with E-state index in [2.05, 4.69) is 23.6 Å². The molecule has 5 rings (SSSR count). The third-order valence-corrected chi connectivity index (χ3v) is 5.97. The fourth-order valence-electron chi connectivity index (χ4n) is 4.15. The Labute approximate surface area is 189 Å². The molecule has 0 unspecified atom stereocenters. The van der Waals surface area contributed by atoms with Gasteiger partial charge in [0.1, 0.15) is 5.82 Å². The lowest BCUT2D eigenvalue weighted by molar-refractivity contribution is -0.384. The van der Waals surface area contributed by atoms with E-state index in [4.69, 9.17) is 4.98 Å². The number of nitro benzene ring substituents is 1. The molecule has 0 atom stereocenters. The van der Waals surface area contributed by atoms with Gasteiger partial charge in [0, 0.05) is 41.3 Å². The highest BCUT2D eigenvalue weighted by Gasteiger charge is 2.14. The molecule has 0 saturated heterocycles. The van der Waals surface area contributed by atoms with Gasteiger partial charge in [-0.15, -0.1) is 0 Å². The number of rotatable bonds is 4. The quantitative estimate of drug-likeness (QED) is 0.284. The summed E-state index contributed by atoms with van der Waals surface area (Å²) in [6.45, 7) is 2.05. The van der Waals surface area contributed by atoms with Gasteiger partial charge in [0.2, 0.25) is 0 Å². The molecule has 5 aromatic rings. The predicted octanol–water partition coefficient (Wildman–Crippen LogP) is 5.26. The van der Waals surface area contributed by atoms with Gasteiger partial charge in [0.25, 0.3) is 11.2 Å². The zero-order valence-corrected chi connectivity index (χ0v) is 18.1. The van der Waals surface area contributed by atoms with Crippen molar-refractivity contribution in [3.8, 4) is 5.69 Å². The van der Waals surface area contributed by atoms with Gasteiger partial charge in [-0.2, -0.15) is 0 Å². The number of nitro groups is 1. The SMILES string of the molecule is Cc1c(/C=C/c2nc3ccccc3c(=O)n2-c2ccc([N+](=O)[O-])cc2)c2ccccc2n1C. The molecule has 0 aliphatic heterocycles. The highest BCUT2D eigenvalue weighted by Crippen LogP contribution is 2.27. The molecule has 0 spiro atoms. The lowest BCUT2D eigenvalue weighted by Gasteiger charge is -2.11. The largest absolute Gasteiger partial charge is 0.347 e. The molecule has 162 valence electrons. The zero-order chi connectivity index (χ0) is 23.1. The van der Waals surface area contributed by atoms with Crippen LogP contribution in [0.2, 0.25) is 0 Å². The average molecular weight is 436 g/mol. The van der Waals surface area contributed by atoms with E-state index in [1.54, 1.807) is 30.3 Å². The van der Waals surface area contributed by atoms with Crippen molar-refractivity contribution in [3.05, 3.63) is 110 Å². The molecule has 0 N–H and O–H groups in total. The highest BCUT2D eigenvalue weighted by molar-refractivity contribution is 5.93. The van der Waals surface area contributed by atoms with Gasteiger partial charge in [0.05, 0.1) is 21.5 Å². The second-order valence-corrected chi connectivity index (χ2v) is 7.81. The van der Waals surface area contributed by atoms with E-state index in [-0.39, 0.29) is 11.2 Å². The zero-order valence-electron chi connectivity index (χ0n) is 18.1. The van der Waals surface area contributed by atoms with Crippen LogP contribution in [0.1, 0.15) is 17.1 Å². The molecule has 2 aromatic heterocycles. The molecule has 0 aliphatic rings. The summed E-state index contributed by atoms with van der Waals surface area (Å²) in [5.41, 5.74) is 4.10. The van der Waals surface area contributed by atoms with E-state index in [9.17, 15) is 14.9 Å². The lowest BCUT2D eigenvalue weighted by atomic mass is 10.1. The maximum atomic E-state index is 13.4. The van der Waals surface area contributed by atoms with Crippen LogP contribution in [0.4, 0.5) is 5.69 Å². The molecule has 0 bridgehead atoms. The van der Waals surface area contributed by atoms with Gasteiger partial charge in [-0.3, -0.25) is 19.5 Å². The number of para-hydroxylation sites is 2. The number of hydrogen-bond donors (Lipinski definition) is 0. The summed E-state index contributed by atoms with van der Waals surface area (Å²) in [5, 5.41) is 12.7. The fraction of sp³-hybridized carbons (Fsp3) is 0.0769. The Morgan fingerprint density at radius 1 is 0.909 bits per heavy atom. The second-order valence-electron chi connectivity index (χ2n) is 7.81. The number of fused-ring (bicyclic) bond motifs is 2. The monoisotopic (exact) mass is 436 g/mol. The van der Waals surface area contributed by atoms with Crippen LogP contribution in [0.5, 0.6) is 0 Å². The summed E-state index contributed by atoms with van der Waals surface area (Å²) < 4.78 is 3.62. The number of non-ortho nitro benzene ring substituents is 1. The maximum Gasteiger partial charge on any atom is 0.269 e. The van der Waals surface area contributed by atoms with Gasteiger partial charge in [0.15, 0.2) is 0 Å². The molecule has 0 aliphatic carbocycles. The molecule has 33 heavy (non-hydrogen) atoms. The fourth-order valence-corrected chi connectivity index (χ4v) is 4.15. The molecule has 7 heteroatoms. The second kappa shape index (κ2) is 7.87. The van der Waals surface area contributed by atoms with Crippen LogP contribution in [0.15, 0.2) is 77.6 Å². The van der Waals surface area contributed by atoms with Crippen molar-refractivity contribution in [3.63, 3.8) is 0 Å². The minimum absolute atomic E-state index is 0.0379. The van der Waals surface area contributed by atoms with Crippen molar-refractivity contribution in [1.29, 1.82) is 0 Å². The highest BCUT2D eigenvalue weighted by atomic mass is 16.6. The van der Waals surface area contributed by atoms with Crippen LogP contribution in [-0.4, -0.2) is 19.0 Å². The molecule has 0 amide bonds. The van der Waals surface area contributed by atoms with Gasteiger partial charge in [-0.05, 0) is 49.4 Å². The number of benzene rings is 3. The summed E-state index contributed by atoms with van der Waals surface area (Å²) in [6, 6.07) is 21.2. The number of aromatic nitrogens is 3. The minimum Gasteiger partial charge on any atom is -0.347 e. The van der Waals surface area contributed by atoms with Crippen LogP contribution >= 0.6 is 0 Å². The van der Waals surface area contributed by atoms with Crippen molar-refractivity contribution in [2.45, 2.75) is 6.92 Å². The Morgan fingerprint density at radius 3 is 2.30 bits per heavy atom. The molecule has 0 radical (unpaired) electrons. The third kappa shape index (κ3) is 3.40. The standard InChI is InChI=1S/C26H20N4O3/c1-17-20(21-7-4-6-10-24(21)28(17)2)15-16-25-27-23-9-5-3-8-22(23)26(31)29(25)18-11-13-19(14-12-18)30(32)33/h3-16H,1-2H3/b16-15+. The Hall–Kier alpha value is -4.52. The minimum atomic E-state index is -0.463. The molecule has 3 aromatic carbocycles. The summed E-state index contributed by atoms with van der Waals surface area (Å²) in [7, 11) is 2.02. The molecule has 0 fully saturated rings. The Balaban J connectivity index is 1.73. The smallest absolute Gasteiger partial charge is 0.269 e. The topological polar surface area (TPSA) is 83.0 Å². The van der Waals surface area contributed by atoms with Gasteiger partial charge in [-0.1, -0.05) is 30.3 Å². The van der Waals surface area contributed by atoms with Gasteiger partial charge >= 0.3 is 0 Å². The van der Waals surface area contributed by atoms with Crippen molar-refractivity contribution in [1.82, 2.24) is 14.1 Å².